The minimum Gasteiger partial charge on any atom is -0.466 e. The summed E-state index contributed by atoms with van der Waals surface area (Å²) in [5.74, 6) is 1.56. The molecule has 4 nitrogen and oxygen atoms in total. The maximum atomic E-state index is 10.5. The van der Waals surface area contributed by atoms with Crippen molar-refractivity contribution in [2.45, 2.75) is 32.9 Å². The van der Waals surface area contributed by atoms with Crippen LogP contribution >= 0.6 is 11.6 Å². The van der Waals surface area contributed by atoms with Crippen LogP contribution < -0.4 is 5.32 Å². The van der Waals surface area contributed by atoms with E-state index in [9.17, 15) is 5.11 Å². The molecule has 2 N–H and O–H groups in total. The number of halogens is 1. The van der Waals surface area contributed by atoms with Gasteiger partial charge in [-0.25, -0.2) is 4.98 Å². The fraction of sp³-hybridized carbons (Fsp3) is 0.400. The van der Waals surface area contributed by atoms with E-state index in [1.165, 1.54) is 0 Å². The molecule has 20 heavy (non-hydrogen) atoms. The lowest BCUT2D eigenvalue weighted by Gasteiger charge is -2.23. The third-order valence-corrected chi connectivity index (χ3v) is 3.43. The van der Waals surface area contributed by atoms with Gasteiger partial charge in [-0.15, -0.1) is 0 Å². The summed E-state index contributed by atoms with van der Waals surface area (Å²) in [4.78, 5) is 4.02. The maximum absolute atomic E-state index is 10.5. The van der Waals surface area contributed by atoms with Crippen LogP contribution in [0.5, 0.6) is 0 Å². The van der Waals surface area contributed by atoms with Crippen LogP contribution in [0.25, 0.3) is 0 Å². The number of pyridine rings is 1. The van der Waals surface area contributed by atoms with Gasteiger partial charge in [-0.3, -0.25) is 0 Å². The molecular formula is C15H19ClN2O2. The minimum atomic E-state index is -0.971. The van der Waals surface area contributed by atoms with Gasteiger partial charge in [-0.05, 0) is 38.5 Å². The van der Waals surface area contributed by atoms with E-state index < -0.39 is 5.60 Å². The average Bonchev–Trinajstić information content (AvgIpc) is 2.72. The van der Waals surface area contributed by atoms with Crippen molar-refractivity contribution in [3.63, 3.8) is 0 Å². The summed E-state index contributed by atoms with van der Waals surface area (Å²) >= 11 is 5.74. The van der Waals surface area contributed by atoms with Gasteiger partial charge in [0.15, 0.2) is 0 Å². The summed E-state index contributed by atoms with van der Waals surface area (Å²) < 4.78 is 5.47. The van der Waals surface area contributed by atoms with Crippen LogP contribution in [-0.4, -0.2) is 16.6 Å². The standard InChI is InChI=1S/C15H19ClN2O2/c1-10-6-13(11(2)20-10)15(3,19)9-17-7-12-4-5-14(16)18-8-12/h4-6,8,17,19H,7,9H2,1-3H3. The highest BCUT2D eigenvalue weighted by molar-refractivity contribution is 6.29. The third kappa shape index (κ3) is 3.60. The summed E-state index contributed by atoms with van der Waals surface area (Å²) in [6, 6.07) is 5.53. The lowest BCUT2D eigenvalue weighted by molar-refractivity contribution is 0.0552. The second-order valence-corrected chi connectivity index (χ2v) is 5.58. The minimum absolute atomic E-state index is 0.426. The molecular weight excluding hydrogens is 276 g/mol. The average molecular weight is 295 g/mol. The van der Waals surface area contributed by atoms with Crippen molar-refractivity contribution in [2.24, 2.45) is 0 Å². The maximum Gasteiger partial charge on any atom is 0.129 e. The van der Waals surface area contributed by atoms with Crippen LogP contribution in [0, 0.1) is 13.8 Å². The SMILES string of the molecule is Cc1cc(C(C)(O)CNCc2ccc(Cl)nc2)c(C)o1. The Bertz CT molecular complexity index is 576. The molecule has 5 heteroatoms. The molecule has 0 aliphatic heterocycles. The predicted molar refractivity (Wildman–Crippen MR) is 78.7 cm³/mol. The van der Waals surface area contributed by atoms with E-state index in [1.807, 2.05) is 26.0 Å². The largest absolute Gasteiger partial charge is 0.466 e. The molecule has 0 radical (unpaired) electrons. The molecule has 108 valence electrons. The molecule has 0 bridgehead atoms. The number of aliphatic hydroxyl groups is 1. The van der Waals surface area contributed by atoms with Crippen molar-refractivity contribution in [3.8, 4) is 0 Å². The van der Waals surface area contributed by atoms with Gasteiger partial charge < -0.3 is 14.8 Å². The summed E-state index contributed by atoms with van der Waals surface area (Å²) in [5.41, 5.74) is 0.865. The predicted octanol–water partition coefficient (Wildman–Crippen LogP) is 2.94. The molecule has 1 unspecified atom stereocenters. The molecule has 2 aromatic heterocycles. The van der Waals surface area contributed by atoms with Gasteiger partial charge in [-0.2, -0.15) is 0 Å². The Labute approximate surface area is 123 Å². The molecule has 1 atom stereocenters. The van der Waals surface area contributed by atoms with Crippen molar-refractivity contribution in [2.75, 3.05) is 6.54 Å². The van der Waals surface area contributed by atoms with Crippen molar-refractivity contribution >= 4 is 11.6 Å². The van der Waals surface area contributed by atoms with Gasteiger partial charge in [-0.1, -0.05) is 17.7 Å². The highest BCUT2D eigenvalue weighted by atomic mass is 35.5. The normalized spacial score (nSPS) is 14.2. The first-order valence-corrected chi connectivity index (χ1v) is 6.87. The monoisotopic (exact) mass is 294 g/mol. The lowest BCUT2D eigenvalue weighted by Crippen LogP contribution is -2.35. The second kappa shape index (κ2) is 5.95. The number of aromatic nitrogens is 1. The van der Waals surface area contributed by atoms with Gasteiger partial charge >= 0.3 is 0 Å². The fourth-order valence-corrected chi connectivity index (χ4v) is 2.33. The molecule has 2 rings (SSSR count). The molecule has 0 fully saturated rings. The zero-order valence-corrected chi connectivity index (χ0v) is 12.7. The second-order valence-electron chi connectivity index (χ2n) is 5.19. The van der Waals surface area contributed by atoms with Crippen LogP contribution in [0.15, 0.2) is 28.8 Å². The van der Waals surface area contributed by atoms with E-state index in [0.29, 0.717) is 18.2 Å². The number of aryl methyl sites for hydroxylation is 2. The molecule has 0 amide bonds. The number of nitrogens with zero attached hydrogens (tertiary/aromatic N) is 1. The quantitative estimate of drug-likeness (QED) is 0.833. The lowest BCUT2D eigenvalue weighted by atomic mass is 9.96. The summed E-state index contributed by atoms with van der Waals surface area (Å²) in [6.45, 7) is 6.56. The van der Waals surface area contributed by atoms with Gasteiger partial charge in [0.1, 0.15) is 22.3 Å². The Hall–Kier alpha value is -1.36. The number of nitrogens with one attached hydrogen (secondary N) is 1. The summed E-state index contributed by atoms with van der Waals surface area (Å²) in [6.07, 6.45) is 1.72. The van der Waals surface area contributed by atoms with Crippen molar-refractivity contribution in [3.05, 3.63) is 52.2 Å². The Morgan fingerprint density at radius 1 is 1.40 bits per heavy atom. The summed E-state index contributed by atoms with van der Waals surface area (Å²) in [5, 5.41) is 14.2. The molecule has 0 aromatic carbocycles. The van der Waals surface area contributed by atoms with Gasteiger partial charge in [0, 0.05) is 24.8 Å². The number of furan rings is 1. The zero-order chi connectivity index (χ0) is 14.8. The van der Waals surface area contributed by atoms with Crippen LogP contribution in [0.1, 0.15) is 29.6 Å². The van der Waals surface area contributed by atoms with E-state index in [2.05, 4.69) is 10.3 Å². The zero-order valence-electron chi connectivity index (χ0n) is 11.9. The van der Waals surface area contributed by atoms with Crippen molar-refractivity contribution in [1.82, 2.24) is 10.3 Å². The van der Waals surface area contributed by atoms with E-state index >= 15 is 0 Å². The third-order valence-electron chi connectivity index (χ3n) is 3.21. The molecule has 0 saturated heterocycles. The number of hydrogen-bond acceptors (Lipinski definition) is 4. The van der Waals surface area contributed by atoms with Crippen molar-refractivity contribution < 1.29 is 9.52 Å². The van der Waals surface area contributed by atoms with Crippen LogP contribution in [0.4, 0.5) is 0 Å². The molecule has 2 heterocycles. The molecule has 2 aromatic rings. The van der Waals surface area contributed by atoms with Gasteiger partial charge in [0.25, 0.3) is 0 Å². The van der Waals surface area contributed by atoms with Crippen molar-refractivity contribution in [1.29, 1.82) is 0 Å². The highest BCUT2D eigenvalue weighted by Gasteiger charge is 2.27. The molecule has 0 aliphatic carbocycles. The molecule has 0 spiro atoms. The van der Waals surface area contributed by atoms with Gasteiger partial charge in [0.2, 0.25) is 0 Å². The van der Waals surface area contributed by atoms with Crippen LogP contribution in [0.2, 0.25) is 5.15 Å². The van der Waals surface area contributed by atoms with Crippen LogP contribution in [-0.2, 0) is 12.1 Å². The highest BCUT2D eigenvalue weighted by Crippen LogP contribution is 2.26. The first-order chi connectivity index (χ1) is 9.38. The molecule has 0 aliphatic rings. The van der Waals surface area contributed by atoms with Gasteiger partial charge in [0.05, 0.1) is 0 Å². The first-order valence-electron chi connectivity index (χ1n) is 6.49. The number of rotatable bonds is 5. The molecule has 0 saturated carbocycles. The van der Waals surface area contributed by atoms with Crippen LogP contribution in [0.3, 0.4) is 0 Å². The smallest absolute Gasteiger partial charge is 0.129 e. The Kier molecular flexibility index (Phi) is 4.48. The van der Waals surface area contributed by atoms with E-state index in [4.69, 9.17) is 16.0 Å². The fourth-order valence-electron chi connectivity index (χ4n) is 2.22. The first kappa shape index (κ1) is 15.0. The van der Waals surface area contributed by atoms with E-state index in [1.54, 1.807) is 19.2 Å². The summed E-state index contributed by atoms with van der Waals surface area (Å²) in [7, 11) is 0. The van der Waals surface area contributed by atoms with E-state index in [-0.39, 0.29) is 0 Å². The number of hydrogen-bond donors (Lipinski definition) is 2. The topological polar surface area (TPSA) is 58.3 Å². The van der Waals surface area contributed by atoms with E-state index in [0.717, 1.165) is 22.6 Å². The Morgan fingerprint density at radius 3 is 2.70 bits per heavy atom. The Morgan fingerprint density at radius 2 is 2.15 bits per heavy atom. The Balaban J connectivity index is 1.95.